The number of rotatable bonds is 4. The first-order valence-electron chi connectivity index (χ1n) is 6.47. The number of amides is 2. The van der Waals surface area contributed by atoms with Gasteiger partial charge in [-0.2, -0.15) is 0 Å². The van der Waals surface area contributed by atoms with E-state index in [4.69, 9.17) is 0 Å². The van der Waals surface area contributed by atoms with Crippen molar-refractivity contribution in [3.63, 3.8) is 0 Å². The maximum absolute atomic E-state index is 11.7. The summed E-state index contributed by atoms with van der Waals surface area (Å²) in [5.41, 5.74) is 2.69. The van der Waals surface area contributed by atoms with Crippen molar-refractivity contribution >= 4 is 23.2 Å². The van der Waals surface area contributed by atoms with E-state index in [-0.39, 0.29) is 18.4 Å². The minimum absolute atomic E-state index is 0.0769. The van der Waals surface area contributed by atoms with Gasteiger partial charge in [-0.05, 0) is 44.2 Å². The lowest BCUT2D eigenvalue weighted by molar-refractivity contribution is -0.117. The smallest absolute Gasteiger partial charge is 0.238 e. The largest absolute Gasteiger partial charge is 0.325 e. The van der Waals surface area contributed by atoms with Crippen LogP contribution >= 0.6 is 0 Å². The second-order valence-corrected chi connectivity index (χ2v) is 4.73. The molecule has 0 atom stereocenters. The Balaban J connectivity index is 2.13. The lowest BCUT2D eigenvalue weighted by atomic mass is 10.1. The van der Waals surface area contributed by atoms with Gasteiger partial charge in [0.25, 0.3) is 0 Å². The average Bonchev–Trinajstić information content (AvgIpc) is 2.76. The molecule has 0 aliphatic carbocycles. The Morgan fingerprint density at radius 3 is 2.79 bits per heavy atom. The lowest BCUT2D eigenvalue weighted by Crippen LogP contribution is -2.26. The minimum atomic E-state index is -0.0769. The molecular weight excluding hydrogens is 242 g/mol. The average molecular weight is 261 g/mol. The summed E-state index contributed by atoms with van der Waals surface area (Å²) in [4.78, 5) is 25.0. The van der Waals surface area contributed by atoms with E-state index >= 15 is 0 Å². The molecule has 5 heteroatoms. The highest BCUT2D eigenvalue weighted by Crippen LogP contribution is 2.27. The van der Waals surface area contributed by atoms with Crippen LogP contribution < -0.4 is 15.5 Å². The number of hydrogen-bond acceptors (Lipinski definition) is 3. The third kappa shape index (κ3) is 3.12. The fraction of sp³-hybridized carbons (Fsp3) is 0.429. The van der Waals surface area contributed by atoms with Crippen LogP contribution in [0.1, 0.15) is 18.4 Å². The first-order valence-corrected chi connectivity index (χ1v) is 6.47. The summed E-state index contributed by atoms with van der Waals surface area (Å²) in [7, 11) is 1.73. The molecule has 0 radical (unpaired) electrons. The molecule has 1 fully saturated rings. The molecule has 2 N–H and O–H groups in total. The number of anilines is 2. The Bertz CT molecular complexity index is 499. The van der Waals surface area contributed by atoms with Gasteiger partial charge in [0.05, 0.1) is 6.54 Å². The number of hydrogen-bond donors (Lipinski definition) is 2. The molecule has 1 aromatic carbocycles. The van der Waals surface area contributed by atoms with Gasteiger partial charge in [-0.15, -0.1) is 0 Å². The van der Waals surface area contributed by atoms with Crippen molar-refractivity contribution in [1.82, 2.24) is 5.32 Å². The molecule has 1 aliphatic heterocycles. The molecule has 1 aromatic rings. The lowest BCUT2D eigenvalue weighted by Gasteiger charge is -2.19. The van der Waals surface area contributed by atoms with Crippen molar-refractivity contribution in [3.8, 4) is 0 Å². The van der Waals surface area contributed by atoms with Crippen LogP contribution in [0.3, 0.4) is 0 Å². The number of nitrogens with one attached hydrogen (secondary N) is 2. The molecule has 1 heterocycles. The van der Waals surface area contributed by atoms with Crippen LogP contribution in [-0.2, 0) is 9.59 Å². The van der Waals surface area contributed by atoms with Crippen LogP contribution in [0, 0.1) is 6.92 Å². The molecule has 0 aromatic heterocycles. The van der Waals surface area contributed by atoms with Gasteiger partial charge in [-0.25, -0.2) is 0 Å². The first-order chi connectivity index (χ1) is 9.11. The molecule has 1 saturated heterocycles. The maximum atomic E-state index is 11.7. The Labute approximate surface area is 113 Å². The highest BCUT2D eigenvalue weighted by atomic mass is 16.2. The van der Waals surface area contributed by atoms with Crippen LogP contribution in [-0.4, -0.2) is 32.0 Å². The minimum Gasteiger partial charge on any atom is -0.325 e. The number of aryl methyl sites for hydroxylation is 1. The van der Waals surface area contributed by atoms with E-state index in [0.717, 1.165) is 29.9 Å². The zero-order valence-corrected chi connectivity index (χ0v) is 11.3. The second-order valence-electron chi connectivity index (χ2n) is 4.73. The van der Waals surface area contributed by atoms with Gasteiger partial charge < -0.3 is 15.5 Å². The predicted octanol–water partition coefficient (Wildman–Crippen LogP) is 1.28. The highest BCUT2D eigenvalue weighted by Gasteiger charge is 2.22. The fourth-order valence-corrected chi connectivity index (χ4v) is 2.30. The van der Waals surface area contributed by atoms with Crippen LogP contribution in [0.2, 0.25) is 0 Å². The van der Waals surface area contributed by atoms with E-state index < -0.39 is 0 Å². The maximum Gasteiger partial charge on any atom is 0.238 e. The van der Waals surface area contributed by atoms with E-state index in [0.29, 0.717) is 6.42 Å². The first kappa shape index (κ1) is 13.5. The number of benzene rings is 1. The predicted molar refractivity (Wildman–Crippen MR) is 75.3 cm³/mol. The van der Waals surface area contributed by atoms with E-state index in [1.165, 1.54) is 0 Å². The number of carbonyl (C=O) groups is 2. The molecule has 0 saturated carbocycles. The van der Waals surface area contributed by atoms with Crippen molar-refractivity contribution in [2.75, 3.05) is 30.4 Å². The van der Waals surface area contributed by atoms with Gasteiger partial charge in [0.1, 0.15) is 0 Å². The standard InChI is InChI=1S/C14H19N3O2/c1-10-8-11(16-13(18)9-15-2)5-6-12(10)17-7-3-4-14(17)19/h5-6,8,15H,3-4,7,9H2,1-2H3,(H,16,18). The van der Waals surface area contributed by atoms with Crippen molar-refractivity contribution in [2.45, 2.75) is 19.8 Å². The van der Waals surface area contributed by atoms with Gasteiger partial charge in [0.2, 0.25) is 11.8 Å². The summed E-state index contributed by atoms with van der Waals surface area (Å²) in [6.45, 7) is 3.02. The van der Waals surface area contributed by atoms with Gasteiger partial charge in [-0.1, -0.05) is 0 Å². The molecule has 19 heavy (non-hydrogen) atoms. The summed E-state index contributed by atoms with van der Waals surface area (Å²) in [6.07, 6.45) is 1.54. The molecule has 5 nitrogen and oxygen atoms in total. The van der Waals surface area contributed by atoms with Crippen LogP contribution in [0.4, 0.5) is 11.4 Å². The van der Waals surface area contributed by atoms with E-state index in [1.807, 2.05) is 30.0 Å². The van der Waals surface area contributed by atoms with Gasteiger partial charge in [0.15, 0.2) is 0 Å². The Morgan fingerprint density at radius 1 is 1.42 bits per heavy atom. The Kier molecular flexibility index (Phi) is 4.16. The second kappa shape index (κ2) is 5.84. The normalized spacial score (nSPS) is 14.8. The van der Waals surface area contributed by atoms with Crippen molar-refractivity contribution < 1.29 is 9.59 Å². The highest BCUT2D eigenvalue weighted by molar-refractivity contribution is 5.97. The van der Waals surface area contributed by atoms with E-state index in [2.05, 4.69) is 10.6 Å². The molecular formula is C14H19N3O2. The van der Waals surface area contributed by atoms with E-state index in [9.17, 15) is 9.59 Å². The number of nitrogens with zero attached hydrogens (tertiary/aromatic N) is 1. The molecule has 102 valence electrons. The van der Waals surface area contributed by atoms with E-state index in [1.54, 1.807) is 7.05 Å². The number of likely N-dealkylation sites (N-methyl/N-ethyl adjacent to an activating group) is 1. The molecule has 1 aliphatic rings. The number of carbonyl (C=O) groups excluding carboxylic acids is 2. The Morgan fingerprint density at radius 2 is 2.21 bits per heavy atom. The Hall–Kier alpha value is -1.88. The quantitative estimate of drug-likeness (QED) is 0.858. The van der Waals surface area contributed by atoms with Gasteiger partial charge in [-0.3, -0.25) is 9.59 Å². The summed E-state index contributed by atoms with van der Waals surface area (Å²) < 4.78 is 0. The zero-order chi connectivity index (χ0) is 13.8. The van der Waals surface area contributed by atoms with Gasteiger partial charge in [0, 0.05) is 24.3 Å². The molecule has 0 bridgehead atoms. The molecule has 2 amide bonds. The third-order valence-electron chi connectivity index (χ3n) is 3.18. The van der Waals surface area contributed by atoms with Crippen molar-refractivity contribution in [3.05, 3.63) is 23.8 Å². The van der Waals surface area contributed by atoms with Crippen LogP contribution in [0.25, 0.3) is 0 Å². The summed E-state index contributed by atoms with van der Waals surface area (Å²) in [6, 6.07) is 5.63. The fourth-order valence-electron chi connectivity index (χ4n) is 2.30. The van der Waals surface area contributed by atoms with Crippen molar-refractivity contribution in [2.24, 2.45) is 0 Å². The third-order valence-corrected chi connectivity index (χ3v) is 3.18. The topological polar surface area (TPSA) is 61.4 Å². The zero-order valence-electron chi connectivity index (χ0n) is 11.3. The van der Waals surface area contributed by atoms with Crippen molar-refractivity contribution in [1.29, 1.82) is 0 Å². The van der Waals surface area contributed by atoms with Gasteiger partial charge >= 0.3 is 0 Å². The van der Waals surface area contributed by atoms with Crippen LogP contribution in [0.15, 0.2) is 18.2 Å². The summed E-state index contributed by atoms with van der Waals surface area (Å²) >= 11 is 0. The summed E-state index contributed by atoms with van der Waals surface area (Å²) in [5.74, 6) is 0.0990. The molecule has 0 spiro atoms. The summed E-state index contributed by atoms with van der Waals surface area (Å²) in [5, 5.41) is 5.61. The molecule has 2 rings (SSSR count). The molecule has 0 unspecified atom stereocenters. The monoisotopic (exact) mass is 261 g/mol. The van der Waals surface area contributed by atoms with Crippen LogP contribution in [0.5, 0.6) is 0 Å². The SMILES string of the molecule is CNCC(=O)Nc1ccc(N2CCCC2=O)c(C)c1.